The van der Waals surface area contributed by atoms with Crippen LogP contribution in [0.25, 0.3) is 0 Å². The highest BCUT2D eigenvalue weighted by Crippen LogP contribution is 2.45. The summed E-state index contributed by atoms with van der Waals surface area (Å²) in [6.45, 7) is 2.27. The van der Waals surface area contributed by atoms with Gasteiger partial charge in [0.25, 0.3) is 0 Å². The van der Waals surface area contributed by atoms with Crippen LogP contribution >= 0.6 is 11.6 Å². The second kappa shape index (κ2) is 7.47. The van der Waals surface area contributed by atoms with Crippen LogP contribution in [0.1, 0.15) is 36.1 Å². The predicted octanol–water partition coefficient (Wildman–Crippen LogP) is 3.93. The van der Waals surface area contributed by atoms with Crippen LogP contribution in [-0.2, 0) is 16.0 Å². The van der Waals surface area contributed by atoms with E-state index in [0.29, 0.717) is 23.2 Å². The molecule has 4 rings (SSSR count). The van der Waals surface area contributed by atoms with E-state index < -0.39 is 12.6 Å². The maximum Gasteiger partial charge on any atom is 0.341 e. The molecule has 1 N–H and O–H groups in total. The summed E-state index contributed by atoms with van der Waals surface area (Å²) in [4.78, 5) is 26.1. The summed E-state index contributed by atoms with van der Waals surface area (Å²) in [5.41, 5.74) is 2.95. The van der Waals surface area contributed by atoms with Gasteiger partial charge in [-0.3, -0.25) is 4.79 Å². The van der Waals surface area contributed by atoms with Crippen LogP contribution in [0.15, 0.2) is 42.5 Å². The summed E-state index contributed by atoms with van der Waals surface area (Å²) in [6, 6.07) is 12.9. The van der Waals surface area contributed by atoms with Crippen LogP contribution < -0.4 is 4.74 Å². The predicted molar refractivity (Wildman–Crippen MR) is 106 cm³/mol. The Bertz CT molecular complexity index is 929. The number of rotatable bonds is 5. The number of halogens is 1. The van der Waals surface area contributed by atoms with Gasteiger partial charge >= 0.3 is 5.97 Å². The van der Waals surface area contributed by atoms with Crippen molar-refractivity contribution in [1.29, 1.82) is 0 Å². The Labute approximate surface area is 168 Å². The topological polar surface area (TPSA) is 66.8 Å². The summed E-state index contributed by atoms with van der Waals surface area (Å²) < 4.78 is 5.55. The van der Waals surface area contributed by atoms with E-state index in [2.05, 4.69) is 13.0 Å². The Morgan fingerprint density at radius 1 is 1.21 bits per heavy atom. The average Bonchev–Trinajstić information content (AvgIpc) is 3.42. The molecule has 0 bridgehead atoms. The van der Waals surface area contributed by atoms with Gasteiger partial charge in [-0.05, 0) is 48.1 Å². The summed E-state index contributed by atoms with van der Waals surface area (Å²) >= 11 is 6.28. The number of ether oxygens (including phenoxy) is 1. The molecule has 0 spiro atoms. The second-order valence-corrected chi connectivity index (χ2v) is 8.00. The van der Waals surface area contributed by atoms with Crippen molar-refractivity contribution in [1.82, 2.24) is 4.90 Å². The number of carbonyl (C=O) groups is 2. The molecule has 2 aromatic carbocycles. The lowest BCUT2D eigenvalue weighted by Crippen LogP contribution is -2.41. The third kappa shape index (κ3) is 3.59. The van der Waals surface area contributed by atoms with Gasteiger partial charge in [-0.1, -0.05) is 42.8 Å². The molecule has 6 heteroatoms. The highest BCUT2D eigenvalue weighted by atomic mass is 35.5. The summed E-state index contributed by atoms with van der Waals surface area (Å²) in [5.74, 6) is 0.0127. The smallest absolute Gasteiger partial charge is 0.341 e. The van der Waals surface area contributed by atoms with Crippen LogP contribution in [0.5, 0.6) is 5.75 Å². The SMILES string of the molecule is CC1CC1C(=O)N1CCc2ccccc2[C@H]1c1cc(Cl)ccc1OCC(=O)O. The molecule has 1 fully saturated rings. The first-order chi connectivity index (χ1) is 13.5. The number of nitrogens with zero attached hydrogens (tertiary/aromatic N) is 1. The molecule has 1 heterocycles. The van der Waals surface area contributed by atoms with Crippen LogP contribution in [0.3, 0.4) is 0 Å². The molecule has 1 amide bonds. The largest absolute Gasteiger partial charge is 0.482 e. The van der Waals surface area contributed by atoms with Gasteiger partial charge in [-0.2, -0.15) is 0 Å². The fourth-order valence-electron chi connectivity index (χ4n) is 4.02. The van der Waals surface area contributed by atoms with Crippen molar-refractivity contribution in [2.45, 2.75) is 25.8 Å². The molecule has 146 valence electrons. The van der Waals surface area contributed by atoms with Gasteiger partial charge in [0.05, 0.1) is 6.04 Å². The molecule has 0 aromatic heterocycles. The number of amides is 1. The number of carboxylic acids is 1. The normalized spacial score (nSPS) is 23.1. The molecular weight excluding hydrogens is 378 g/mol. The first kappa shape index (κ1) is 18.8. The standard InChI is InChI=1S/C22H22ClNO4/c1-13-10-17(13)22(27)24-9-8-14-4-2-3-5-16(14)21(24)18-11-15(23)6-7-19(18)28-12-20(25)26/h2-7,11,13,17,21H,8-10,12H2,1H3,(H,25,26)/t13?,17?,21-/m0/s1. The van der Waals surface area contributed by atoms with Crippen molar-refractivity contribution in [3.8, 4) is 5.75 Å². The number of hydrogen-bond donors (Lipinski definition) is 1. The van der Waals surface area contributed by atoms with E-state index in [1.165, 1.54) is 5.56 Å². The maximum absolute atomic E-state index is 13.2. The van der Waals surface area contributed by atoms with Crippen LogP contribution in [0, 0.1) is 11.8 Å². The summed E-state index contributed by atoms with van der Waals surface area (Å²) in [7, 11) is 0. The van der Waals surface area contributed by atoms with Gasteiger partial charge in [-0.15, -0.1) is 0 Å². The molecule has 28 heavy (non-hydrogen) atoms. The average molecular weight is 400 g/mol. The van der Waals surface area contributed by atoms with Crippen molar-refractivity contribution in [2.24, 2.45) is 11.8 Å². The molecule has 0 saturated heterocycles. The van der Waals surface area contributed by atoms with Gasteiger partial charge in [0.1, 0.15) is 5.75 Å². The second-order valence-electron chi connectivity index (χ2n) is 7.57. The van der Waals surface area contributed by atoms with E-state index in [1.807, 2.05) is 23.1 Å². The van der Waals surface area contributed by atoms with Crippen molar-refractivity contribution < 1.29 is 19.4 Å². The Balaban J connectivity index is 1.80. The quantitative estimate of drug-likeness (QED) is 0.827. The van der Waals surface area contributed by atoms with Crippen molar-refractivity contribution in [3.05, 3.63) is 64.2 Å². The Morgan fingerprint density at radius 2 is 1.96 bits per heavy atom. The molecule has 2 aromatic rings. The molecule has 0 radical (unpaired) electrons. The zero-order valence-corrected chi connectivity index (χ0v) is 16.4. The number of benzene rings is 2. The minimum atomic E-state index is -1.05. The Kier molecular flexibility index (Phi) is 5.02. The fraction of sp³-hybridized carbons (Fsp3) is 0.364. The minimum absolute atomic E-state index is 0.0651. The van der Waals surface area contributed by atoms with Crippen molar-refractivity contribution in [3.63, 3.8) is 0 Å². The molecule has 1 aliphatic carbocycles. The van der Waals surface area contributed by atoms with E-state index in [9.17, 15) is 9.59 Å². The lowest BCUT2D eigenvalue weighted by Gasteiger charge is -2.38. The fourth-order valence-corrected chi connectivity index (χ4v) is 4.20. The molecule has 2 unspecified atom stereocenters. The molecule has 3 atom stereocenters. The highest BCUT2D eigenvalue weighted by Gasteiger charge is 2.45. The van der Waals surface area contributed by atoms with E-state index in [0.717, 1.165) is 24.0 Å². The Hall–Kier alpha value is -2.53. The first-order valence-corrected chi connectivity index (χ1v) is 9.86. The molecule has 1 aliphatic heterocycles. The third-order valence-corrected chi connectivity index (χ3v) is 5.85. The van der Waals surface area contributed by atoms with Gasteiger partial charge in [-0.25, -0.2) is 4.79 Å². The Morgan fingerprint density at radius 3 is 2.68 bits per heavy atom. The molecule has 5 nitrogen and oxygen atoms in total. The zero-order chi connectivity index (χ0) is 19.8. The summed E-state index contributed by atoms with van der Waals surface area (Å²) in [6.07, 6.45) is 1.72. The van der Waals surface area contributed by atoms with Gasteiger partial charge in [0, 0.05) is 23.0 Å². The molecule has 2 aliphatic rings. The molecular formula is C22H22ClNO4. The first-order valence-electron chi connectivity index (χ1n) is 9.48. The highest BCUT2D eigenvalue weighted by molar-refractivity contribution is 6.30. The van der Waals surface area contributed by atoms with E-state index >= 15 is 0 Å². The number of carbonyl (C=O) groups excluding carboxylic acids is 1. The van der Waals surface area contributed by atoms with E-state index in [-0.39, 0.29) is 17.9 Å². The lowest BCUT2D eigenvalue weighted by atomic mass is 9.87. The minimum Gasteiger partial charge on any atom is -0.482 e. The lowest BCUT2D eigenvalue weighted by molar-refractivity contribution is -0.139. The van der Waals surface area contributed by atoms with Gasteiger partial charge < -0.3 is 14.7 Å². The number of fused-ring (bicyclic) bond motifs is 1. The van der Waals surface area contributed by atoms with Crippen molar-refractivity contribution >= 4 is 23.5 Å². The monoisotopic (exact) mass is 399 g/mol. The number of carboxylic acid groups (broad SMARTS) is 1. The van der Waals surface area contributed by atoms with Crippen LogP contribution in [-0.4, -0.2) is 35.0 Å². The number of aliphatic carboxylic acids is 1. The maximum atomic E-state index is 13.2. The van der Waals surface area contributed by atoms with Crippen LogP contribution in [0.2, 0.25) is 5.02 Å². The van der Waals surface area contributed by atoms with E-state index in [4.69, 9.17) is 21.4 Å². The number of hydrogen-bond acceptors (Lipinski definition) is 3. The molecule has 1 saturated carbocycles. The van der Waals surface area contributed by atoms with E-state index in [1.54, 1.807) is 18.2 Å². The van der Waals surface area contributed by atoms with Crippen molar-refractivity contribution in [2.75, 3.05) is 13.2 Å². The zero-order valence-electron chi connectivity index (χ0n) is 15.6. The van der Waals surface area contributed by atoms with Gasteiger partial charge in [0.2, 0.25) is 5.91 Å². The van der Waals surface area contributed by atoms with Crippen LogP contribution in [0.4, 0.5) is 0 Å². The summed E-state index contributed by atoms with van der Waals surface area (Å²) in [5, 5.41) is 9.54. The van der Waals surface area contributed by atoms with Gasteiger partial charge in [0.15, 0.2) is 6.61 Å². The third-order valence-electron chi connectivity index (χ3n) is 5.61.